The number of aliphatic hydroxyl groups is 1. The summed E-state index contributed by atoms with van der Waals surface area (Å²) in [6.07, 6.45) is 44.8. The molecule has 5 atom stereocenters. The fourth-order valence-corrected chi connectivity index (χ4v) is 11.2. The molecule has 0 bridgehead atoms. The minimum absolute atomic E-state index is 0.104. The average molecular weight is 1230 g/mol. The molecule has 0 heterocycles. The number of hydrogen-bond acceptors (Lipinski definition) is 15. The largest absolute Gasteiger partial charge is 0.472 e. The maximum atomic E-state index is 13.0. The molecular formula is C64H124O17P2. The van der Waals surface area contributed by atoms with E-state index in [2.05, 4.69) is 27.7 Å². The lowest BCUT2D eigenvalue weighted by atomic mass is 10.0. The normalized spacial score (nSPS) is 14.2. The lowest BCUT2D eigenvalue weighted by Gasteiger charge is -2.21. The first kappa shape index (κ1) is 81.1. The van der Waals surface area contributed by atoms with E-state index in [1.165, 1.54) is 148 Å². The lowest BCUT2D eigenvalue weighted by molar-refractivity contribution is -0.161. The van der Waals surface area contributed by atoms with Crippen molar-refractivity contribution in [3.8, 4) is 0 Å². The van der Waals surface area contributed by atoms with Crippen molar-refractivity contribution in [3.63, 3.8) is 0 Å². The summed E-state index contributed by atoms with van der Waals surface area (Å²) in [6.45, 7) is 4.79. The van der Waals surface area contributed by atoms with Gasteiger partial charge in [0.15, 0.2) is 12.2 Å². The Morgan fingerprint density at radius 2 is 0.482 bits per heavy atom. The van der Waals surface area contributed by atoms with Gasteiger partial charge in [-0.25, -0.2) is 9.13 Å². The maximum Gasteiger partial charge on any atom is 0.472 e. The molecule has 0 fully saturated rings. The van der Waals surface area contributed by atoms with Gasteiger partial charge in [-0.2, -0.15) is 0 Å². The van der Waals surface area contributed by atoms with E-state index in [0.717, 1.165) is 103 Å². The number of unbranched alkanes of at least 4 members (excludes halogenated alkanes) is 39. The molecule has 0 rings (SSSR count). The average Bonchev–Trinajstić information content (AvgIpc) is 3.49. The number of esters is 4. The number of rotatable bonds is 65. The van der Waals surface area contributed by atoms with E-state index < -0.39 is 97.5 Å². The molecule has 2 unspecified atom stereocenters. The van der Waals surface area contributed by atoms with E-state index >= 15 is 0 Å². The molecule has 0 aromatic heterocycles. The zero-order valence-corrected chi connectivity index (χ0v) is 54.9. The molecule has 0 amide bonds. The minimum atomic E-state index is -4.94. The fourth-order valence-electron chi connectivity index (χ4n) is 9.63. The van der Waals surface area contributed by atoms with Gasteiger partial charge in [0.1, 0.15) is 19.3 Å². The summed E-state index contributed by atoms with van der Waals surface area (Å²) in [4.78, 5) is 71.9. The molecule has 0 radical (unpaired) electrons. The summed E-state index contributed by atoms with van der Waals surface area (Å²) < 4.78 is 67.8. The first-order valence-electron chi connectivity index (χ1n) is 33.8. The number of phosphoric acid groups is 2. The van der Waals surface area contributed by atoms with Crippen LogP contribution in [0.3, 0.4) is 0 Å². The molecule has 19 heteroatoms. The Morgan fingerprint density at radius 3 is 0.711 bits per heavy atom. The van der Waals surface area contributed by atoms with Crippen LogP contribution in [-0.2, 0) is 65.4 Å². The van der Waals surface area contributed by atoms with Gasteiger partial charge in [0.2, 0.25) is 0 Å². The number of hydrogen-bond donors (Lipinski definition) is 3. The summed E-state index contributed by atoms with van der Waals surface area (Å²) in [6, 6.07) is 0. The summed E-state index contributed by atoms with van der Waals surface area (Å²) >= 11 is 0. The fraction of sp³-hybridized carbons (Fsp3) is 0.938. The molecule has 0 spiro atoms. The van der Waals surface area contributed by atoms with Gasteiger partial charge in [-0.05, 0) is 25.7 Å². The molecule has 0 aliphatic rings. The highest BCUT2D eigenvalue weighted by Crippen LogP contribution is 2.45. The molecule has 0 aliphatic heterocycles. The Kier molecular flexibility index (Phi) is 57.7. The van der Waals surface area contributed by atoms with Crippen molar-refractivity contribution in [1.29, 1.82) is 0 Å². The lowest BCUT2D eigenvalue weighted by Crippen LogP contribution is -2.30. The van der Waals surface area contributed by atoms with Gasteiger partial charge in [-0.1, -0.05) is 278 Å². The minimum Gasteiger partial charge on any atom is -0.462 e. The van der Waals surface area contributed by atoms with Crippen LogP contribution < -0.4 is 0 Å². The summed E-state index contributed by atoms with van der Waals surface area (Å²) in [5.41, 5.74) is 0. The van der Waals surface area contributed by atoms with Gasteiger partial charge in [-0.15, -0.1) is 0 Å². The van der Waals surface area contributed by atoms with Gasteiger partial charge >= 0.3 is 39.5 Å². The predicted molar refractivity (Wildman–Crippen MR) is 331 cm³/mol. The van der Waals surface area contributed by atoms with E-state index in [9.17, 15) is 43.2 Å². The van der Waals surface area contributed by atoms with Gasteiger partial charge in [-0.3, -0.25) is 37.3 Å². The van der Waals surface area contributed by atoms with Gasteiger partial charge in [0, 0.05) is 25.7 Å². The van der Waals surface area contributed by atoms with E-state index in [1.807, 2.05) is 0 Å². The number of ether oxygens (including phenoxy) is 4. The van der Waals surface area contributed by atoms with Crippen LogP contribution in [0.1, 0.15) is 329 Å². The zero-order chi connectivity index (χ0) is 61.2. The SMILES string of the molecule is CCCCCCCCCCCCCCCCCC(=O)OC[C@H](COP(=O)(O)OC[C@H](O)COP(=O)(O)OC[C@@H](COC(=O)CCCCCCC)OC(=O)CCCCCCCCCC)OC(=O)CCCCCCCCCCCCCCCCC. The second-order valence-corrected chi connectivity index (χ2v) is 26.1. The molecule has 83 heavy (non-hydrogen) atoms. The molecule has 492 valence electrons. The first-order valence-corrected chi connectivity index (χ1v) is 36.8. The Morgan fingerprint density at radius 1 is 0.289 bits per heavy atom. The van der Waals surface area contributed by atoms with Crippen molar-refractivity contribution < 1.29 is 80.2 Å². The van der Waals surface area contributed by atoms with Crippen molar-refractivity contribution >= 4 is 39.5 Å². The molecule has 3 N–H and O–H groups in total. The van der Waals surface area contributed by atoms with Crippen LogP contribution in [-0.4, -0.2) is 96.7 Å². The molecule has 0 saturated heterocycles. The van der Waals surface area contributed by atoms with Crippen molar-refractivity contribution in [2.75, 3.05) is 39.6 Å². The molecule has 0 aromatic carbocycles. The molecule has 0 saturated carbocycles. The monoisotopic (exact) mass is 1230 g/mol. The van der Waals surface area contributed by atoms with Crippen molar-refractivity contribution in [3.05, 3.63) is 0 Å². The van der Waals surface area contributed by atoms with E-state index in [4.69, 9.17) is 37.0 Å². The van der Waals surface area contributed by atoms with Crippen LogP contribution >= 0.6 is 15.6 Å². The highest BCUT2D eigenvalue weighted by molar-refractivity contribution is 7.47. The van der Waals surface area contributed by atoms with Crippen LogP contribution in [0.2, 0.25) is 0 Å². The Bertz CT molecular complexity index is 1600. The highest BCUT2D eigenvalue weighted by Gasteiger charge is 2.30. The first-order chi connectivity index (χ1) is 40.2. The molecular weight excluding hydrogens is 1100 g/mol. The third-order valence-corrected chi connectivity index (χ3v) is 16.8. The van der Waals surface area contributed by atoms with Gasteiger partial charge in [0.05, 0.1) is 26.4 Å². The van der Waals surface area contributed by atoms with Gasteiger partial charge < -0.3 is 33.8 Å². The van der Waals surface area contributed by atoms with Crippen molar-refractivity contribution in [2.45, 2.75) is 348 Å². The second kappa shape index (κ2) is 59.0. The number of aliphatic hydroxyl groups excluding tert-OH is 1. The van der Waals surface area contributed by atoms with Gasteiger partial charge in [0.25, 0.3) is 0 Å². The quantitative estimate of drug-likeness (QED) is 0.0222. The summed E-state index contributed by atoms with van der Waals surface area (Å²) in [5.74, 6) is -2.14. The third kappa shape index (κ3) is 58.8. The van der Waals surface area contributed by atoms with Crippen LogP contribution in [0.15, 0.2) is 0 Å². The Hall–Kier alpha value is -1.94. The molecule has 0 aromatic rings. The topological polar surface area (TPSA) is 237 Å². The maximum absolute atomic E-state index is 13.0. The van der Waals surface area contributed by atoms with Crippen LogP contribution in [0, 0.1) is 0 Å². The van der Waals surface area contributed by atoms with Crippen LogP contribution in [0.25, 0.3) is 0 Å². The standard InChI is InChI=1S/C64H124O17P2/c1-5-9-13-17-20-23-25-27-29-31-33-35-38-41-45-49-62(67)75-55-60(81-64(69)51-47-43-39-36-34-32-30-28-26-24-21-18-14-10-6-2)57-79-83(72,73)77-53-58(65)52-76-82(70,71)78-56-59(54-74-61(66)48-44-40-16-12-8-4)80-63(68)50-46-42-37-22-19-15-11-7-3/h58-60,65H,5-57H2,1-4H3,(H,70,71)(H,72,73)/t58-,59-,60-/m1/s1. The summed E-state index contributed by atoms with van der Waals surface area (Å²) in [5, 5.41) is 10.5. The summed E-state index contributed by atoms with van der Waals surface area (Å²) in [7, 11) is -9.87. The smallest absolute Gasteiger partial charge is 0.462 e. The van der Waals surface area contributed by atoms with E-state index in [-0.39, 0.29) is 25.7 Å². The molecule has 0 aliphatic carbocycles. The molecule has 17 nitrogen and oxygen atoms in total. The van der Waals surface area contributed by atoms with Crippen molar-refractivity contribution in [2.24, 2.45) is 0 Å². The van der Waals surface area contributed by atoms with E-state index in [1.54, 1.807) is 0 Å². The highest BCUT2D eigenvalue weighted by atomic mass is 31.2. The van der Waals surface area contributed by atoms with E-state index in [0.29, 0.717) is 25.7 Å². The van der Waals surface area contributed by atoms with Crippen LogP contribution in [0.4, 0.5) is 0 Å². The third-order valence-electron chi connectivity index (χ3n) is 14.9. The second-order valence-electron chi connectivity index (χ2n) is 23.2. The zero-order valence-electron chi connectivity index (χ0n) is 53.2. The predicted octanol–water partition coefficient (Wildman–Crippen LogP) is 17.9. The van der Waals surface area contributed by atoms with Crippen molar-refractivity contribution in [1.82, 2.24) is 0 Å². The Labute approximate surface area is 505 Å². The Balaban J connectivity index is 5.15. The van der Waals surface area contributed by atoms with Crippen LogP contribution in [0.5, 0.6) is 0 Å². The number of phosphoric ester groups is 2. The number of carbonyl (C=O) groups is 4. The number of carbonyl (C=O) groups excluding carboxylic acids is 4.